The van der Waals surface area contributed by atoms with Gasteiger partial charge >= 0.3 is 11.9 Å². The van der Waals surface area contributed by atoms with E-state index in [1.165, 1.54) is 90.1 Å². The van der Waals surface area contributed by atoms with Gasteiger partial charge in [-0.2, -0.15) is 0 Å². The lowest BCUT2D eigenvalue weighted by atomic mass is 9.44. The number of carbonyl (C=O) groups excluding carboxylic acids is 2. The zero-order valence-electron chi connectivity index (χ0n) is 27.6. The van der Waals surface area contributed by atoms with Crippen LogP contribution in [-0.4, -0.2) is 78.8 Å². The van der Waals surface area contributed by atoms with E-state index in [0.717, 1.165) is 29.9 Å². The van der Waals surface area contributed by atoms with Crippen LogP contribution in [0, 0.1) is 34.5 Å². The third-order valence-electron chi connectivity index (χ3n) is 14.2. The molecule has 6 rings (SSSR count). The van der Waals surface area contributed by atoms with Gasteiger partial charge in [0.25, 0.3) is 0 Å². The van der Waals surface area contributed by atoms with Gasteiger partial charge in [-0.05, 0) is 113 Å². The highest BCUT2D eigenvalue weighted by Crippen LogP contribution is 2.67. The molecule has 0 aromatic heterocycles. The number of likely N-dealkylation sites (N-methyl/N-ethyl adjacent to an activating group) is 1. The number of carbonyl (C=O) groups is 2. The molecular weight excluding hydrogens is 524 g/mol. The fourth-order valence-corrected chi connectivity index (χ4v) is 11.8. The maximum absolute atomic E-state index is 12.9. The van der Waals surface area contributed by atoms with Gasteiger partial charge in [0.15, 0.2) is 6.10 Å². The molecule has 2 heterocycles. The van der Waals surface area contributed by atoms with E-state index in [4.69, 9.17) is 9.47 Å². The first-order chi connectivity index (χ1) is 20.1. The zero-order valence-corrected chi connectivity index (χ0v) is 27.6. The van der Waals surface area contributed by atoms with Crippen LogP contribution in [0.2, 0.25) is 0 Å². The molecule has 0 amide bonds. The van der Waals surface area contributed by atoms with Crippen LogP contribution in [-0.2, 0) is 19.1 Å². The van der Waals surface area contributed by atoms with E-state index < -0.39 is 0 Å². The van der Waals surface area contributed by atoms with Gasteiger partial charge in [-0.3, -0.25) is 14.5 Å². The van der Waals surface area contributed by atoms with E-state index in [2.05, 4.69) is 25.8 Å². The summed E-state index contributed by atoms with van der Waals surface area (Å²) in [7, 11) is 2.48. The van der Waals surface area contributed by atoms with Crippen molar-refractivity contribution in [2.45, 2.75) is 148 Å². The van der Waals surface area contributed by atoms with Crippen molar-refractivity contribution in [1.82, 2.24) is 4.90 Å². The molecule has 0 unspecified atom stereocenters. The van der Waals surface area contributed by atoms with E-state index in [1.54, 1.807) is 0 Å². The normalized spacial score (nSPS) is 45.3. The maximum Gasteiger partial charge on any atom is 0.306 e. The lowest BCUT2D eigenvalue weighted by Gasteiger charge is -2.62. The molecule has 2 aliphatic heterocycles. The monoisotopic (exact) mass is 585 g/mol. The molecule has 0 radical (unpaired) electrons. The third-order valence-corrected chi connectivity index (χ3v) is 14.2. The minimum Gasteiger partial charge on any atom is -0.461 e. The Bertz CT molecular complexity index is 989. The molecule has 6 heteroatoms. The van der Waals surface area contributed by atoms with Gasteiger partial charge in [0, 0.05) is 30.7 Å². The summed E-state index contributed by atoms with van der Waals surface area (Å²) in [6.45, 7) is 13.8. The zero-order chi connectivity index (χ0) is 29.7. The number of likely N-dealkylation sites (tertiary alicyclic amines) is 2. The summed E-state index contributed by atoms with van der Waals surface area (Å²) in [4.78, 5) is 28.2. The fraction of sp³-hybridized carbons (Fsp3) is 0.944. The van der Waals surface area contributed by atoms with Crippen molar-refractivity contribution < 1.29 is 23.5 Å². The van der Waals surface area contributed by atoms with Crippen LogP contribution < -0.4 is 0 Å². The molecule has 238 valence electrons. The molecule has 0 aromatic carbocycles. The third kappa shape index (κ3) is 5.26. The maximum atomic E-state index is 12.9. The highest BCUT2D eigenvalue weighted by Gasteiger charge is 2.67. The van der Waals surface area contributed by atoms with Gasteiger partial charge in [0.1, 0.15) is 12.1 Å². The Kier molecular flexibility index (Phi) is 8.81. The molecule has 4 aliphatic carbocycles. The van der Waals surface area contributed by atoms with Gasteiger partial charge < -0.3 is 14.0 Å². The van der Waals surface area contributed by atoms with E-state index in [0.29, 0.717) is 48.1 Å². The predicted molar refractivity (Wildman–Crippen MR) is 166 cm³/mol. The molecule has 0 spiro atoms. The second kappa shape index (κ2) is 12.0. The molecule has 0 aromatic rings. The summed E-state index contributed by atoms with van der Waals surface area (Å²) in [6, 6.07) is 0.798. The molecule has 0 bridgehead atoms. The van der Waals surface area contributed by atoms with Crippen LogP contribution in [0.25, 0.3) is 0 Å². The largest absolute Gasteiger partial charge is 0.461 e. The van der Waals surface area contributed by atoms with Crippen molar-refractivity contribution in [2.24, 2.45) is 34.5 Å². The quantitative estimate of drug-likeness (QED) is 0.255. The Balaban J connectivity index is 1.29. The summed E-state index contributed by atoms with van der Waals surface area (Å²) in [5.41, 5.74) is 0.372. The molecule has 6 nitrogen and oxygen atoms in total. The second-order valence-electron chi connectivity index (χ2n) is 16.2. The number of quaternary nitrogens is 1. The number of ether oxygens (including phenoxy) is 2. The highest BCUT2D eigenvalue weighted by molar-refractivity contribution is 5.69. The average molecular weight is 586 g/mol. The van der Waals surface area contributed by atoms with Crippen molar-refractivity contribution in [3.05, 3.63) is 0 Å². The number of esters is 2. The number of nitrogens with zero attached hydrogens (tertiary/aromatic N) is 2. The van der Waals surface area contributed by atoms with Crippen molar-refractivity contribution in [2.75, 3.05) is 33.2 Å². The van der Waals surface area contributed by atoms with Crippen LogP contribution in [0.4, 0.5) is 0 Å². The molecular formula is C36H61N2O4+. The standard InChI is InChI=1S/C36H61N2O4/c1-6-32(39)41-31-22-25-14-15-26-27(36(25,4)24-29(31)37-18-10-8-11-19-37)16-17-35(3)28(26)23-30(34(35)42-33(40)7-2)38(5)20-12-9-13-21-38/h25-31,34H,6-24H2,1-5H3/q+1/t25-,26+,27-,28-,29-,30-,31-,34-,35-,36-/m0/s1. The van der Waals surface area contributed by atoms with Gasteiger partial charge in [-0.1, -0.05) is 34.1 Å². The number of hydrogen-bond donors (Lipinski definition) is 0. The van der Waals surface area contributed by atoms with Gasteiger partial charge in [-0.15, -0.1) is 0 Å². The van der Waals surface area contributed by atoms with Crippen LogP contribution in [0.5, 0.6) is 0 Å². The molecule has 42 heavy (non-hydrogen) atoms. The van der Waals surface area contributed by atoms with Gasteiger partial charge in [-0.25, -0.2) is 0 Å². The van der Waals surface area contributed by atoms with Crippen molar-refractivity contribution in [1.29, 1.82) is 0 Å². The van der Waals surface area contributed by atoms with Crippen LogP contribution >= 0.6 is 0 Å². The van der Waals surface area contributed by atoms with Crippen LogP contribution in [0.15, 0.2) is 0 Å². The predicted octanol–water partition coefficient (Wildman–Crippen LogP) is 6.75. The first-order valence-corrected chi connectivity index (χ1v) is 18.1. The Hall–Kier alpha value is -1.14. The summed E-state index contributed by atoms with van der Waals surface area (Å²) in [5, 5.41) is 0. The smallest absolute Gasteiger partial charge is 0.306 e. The van der Waals surface area contributed by atoms with Gasteiger partial charge in [0.2, 0.25) is 0 Å². The average Bonchev–Trinajstić information content (AvgIpc) is 3.30. The van der Waals surface area contributed by atoms with Crippen molar-refractivity contribution in [3.63, 3.8) is 0 Å². The molecule has 4 saturated carbocycles. The van der Waals surface area contributed by atoms with Crippen molar-refractivity contribution >= 4 is 11.9 Å². The molecule has 6 aliphatic rings. The Morgan fingerprint density at radius 3 is 2.17 bits per heavy atom. The SMILES string of the molecule is CCC(=O)O[C@H]1C[C@@H]2CC[C@@H]3[C@H](CC[C@@]4(C)[C@H]3C[C@H]([N+]3(C)CCCCC3)[C@@H]4OC(=O)CC)[C@@]2(C)C[C@@H]1N1CCCCC1. The second-order valence-corrected chi connectivity index (χ2v) is 16.2. The first kappa shape index (κ1) is 30.9. The van der Waals surface area contributed by atoms with E-state index >= 15 is 0 Å². The molecule has 6 fully saturated rings. The Labute approximate surface area is 256 Å². The lowest BCUT2D eigenvalue weighted by molar-refractivity contribution is -0.940. The number of fused-ring (bicyclic) bond motifs is 5. The van der Waals surface area contributed by atoms with E-state index in [-0.39, 0.29) is 29.6 Å². The molecule has 10 atom stereocenters. The summed E-state index contributed by atoms with van der Waals surface area (Å²) in [5.74, 6) is 2.68. The minimum atomic E-state index is -0.0215. The summed E-state index contributed by atoms with van der Waals surface area (Å²) in [6.07, 6.45) is 17.3. The van der Waals surface area contributed by atoms with Gasteiger partial charge in [0.05, 0.1) is 20.1 Å². The summed E-state index contributed by atoms with van der Waals surface area (Å²) >= 11 is 0. The molecule has 0 N–H and O–H groups in total. The van der Waals surface area contributed by atoms with Crippen molar-refractivity contribution in [3.8, 4) is 0 Å². The van der Waals surface area contributed by atoms with Crippen LogP contribution in [0.1, 0.15) is 124 Å². The topological polar surface area (TPSA) is 55.8 Å². The Morgan fingerprint density at radius 2 is 1.48 bits per heavy atom. The lowest BCUT2D eigenvalue weighted by Crippen LogP contribution is -2.61. The Morgan fingerprint density at radius 1 is 0.810 bits per heavy atom. The number of piperidine rings is 2. The number of hydrogen-bond acceptors (Lipinski definition) is 5. The minimum absolute atomic E-state index is 0.00222. The first-order valence-electron chi connectivity index (χ1n) is 18.1. The number of rotatable bonds is 6. The van der Waals surface area contributed by atoms with E-state index in [1.807, 2.05) is 13.8 Å². The molecule has 2 saturated heterocycles. The van der Waals surface area contributed by atoms with Crippen LogP contribution in [0.3, 0.4) is 0 Å². The van der Waals surface area contributed by atoms with E-state index in [9.17, 15) is 9.59 Å². The summed E-state index contributed by atoms with van der Waals surface area (Å²) < 4.78 is 13.9. The fourth-order valence-electron chi connectivity index (χ4n) is 11.8. The highest BCUT2D eigenvalue weighted by atomic mass is 16.5.